The van der Waals surface area contributed by atoms with Crippen LogP contribution >= 0.6 is 0 Å². The highest BCUT2D eigenvalue weighted by atomic mass is 16.5. The fourth-order valence-electron chi connectivity index (χ4n) is 2.07. The molecule has 4 heteroatoms. The van der Waals surface area contributed by atoms with Gasteiger partial charge in [-0.15, -0.1) is 0 Å². The Morgan fingerprint density at radius 2 is 1.95 bits per heavy atom. The number of fused-ring (bicyclic) bond motifs is 1. The highest BCUT2D eigenvalue weighted by Gasteiger charge is 2.05. The first-order chi connectivity index (χ1) is 9.26. The minimum atomic E-state index is 0.276. The Morgan fingerprint density at radius 1 is 1.16 bits per heavy atom. The van der Waals surface area contributed by atoms with Crippen molar-refractivity contribution in [1.82, 2.24) is 9.38 Å². The lowest BCUT2D eigenvalue weighted by atomic mass is 10.1. The van der Waals surface area contributed by atoms with Gasteiger partial charge in [-0.25, -0.2) is 4.98 Å². The quantitative estimate of drug-likeness (QED) is 0.781. The van der Waals surface area contributed by atoms with E-state index < -0.39 is 0 Å². The van der Waals surface area contributed by atoms with E-state index >= 15 is 0 Å². The highest BCUT2D eigenvalue weighted by Crippen LogP contribution is 2.18. The summed E-state index contributed by atoms with van der Waals surface area (Å²) in [5, 5.41) is 9.29. The molecule has 4 nitrogen and oxygen atoms in total. The summed E-state index contributed by atoms with van der Waals surface area (Å²) in [5.41, 5.74) is 2.14. The van der Waals surface area contributed by atoms with Gasteiger partial charge in [-0.1, -0.05) is 12.1 Å². The van der Waals surface area contributed by atoms with E-state index in [1.165, 1.54) is 0 Å². The van der Waals surface area contributed by atoms with Crippen LogP contribution in [0.5, 0.6) is 11.5 Å². The van der Waals surface area contributed by atoms with Gasteiger partial charge in [-0.2, -0.15) is 0 Å². The minimum Gasteiger partial charge on any atom is -0.508 e. The molecule has 3 aromatic rings. The number of rotatable bonds is 3. The molecule has 0 aliphatic carbocycles. The number of hydrogen-bond donors (Lipinski definition) is 1. The molecule has 0 atom stereocenters. The Hall–Kier alpha value is -2.49. The summed E-state index contributed by atoms with van der Waals surface area (Å²) in [6.07, 6.45) is 4.48. The Kier molecular flexibility index (Phi) is 2.83. The Labute approximate surface area is 110 Å². The van der Waals surface area contributed by atoms with Crippen LogP contribution < -0.4 is 4.74 Å². The maximum atomic E-state index is 9.29. The molecule has 0 fully saturated rings. The molecule has 0 aliphatic heterocycles. The molecule has 0 saturated carbocycles. The maximum absolute atomic E-state index is 9.29. The normalized spacial score (nSPS) is 10.8. The lowest BCUT2D eigenvalue weighted by Crippen LogP contribution is -1.97. The van der Waals surface area contributed by atoms with Crippen LogP contribution in [0.3, 0.4) is 0 Å². The lowest BCUT2D eigenvalue weighted by molar-refractivity contribution is 0.412. The number of nitrogens with zero attached hydrogens (tertiary/aromatic N) is 2. The van der Waals surface area contributed by atoms with Crippen LogP contribution in [0.25, 0.3) is 5.52 Å². The number of pyridine rings is 1. The number of aromatic hydroxyl groups is 1. The molecule has 0 radical (unpaired) electrons. The van der Waals surface area contributed by atoms with Crippen LogP contribution in [0.15, 0.2) is 48.8 Å². The number of ether oxygens (including phenoxy) is 1. The van der Waals surface area contributed by atoms with E-state index in [1.54, 1.807) is 19.2 Å². The molecule has 1 aromatic carbocycles. The molecule has 0 unspecified atom stereocenters. The molecule has 0 saturated heterocycles. The molecule has 0 amide bonds. The number of benzene rings is 1. The number of phenolic OH excluding ortho intramolecular Hbond substituents is 1. The van der Waals surface area contributed by atoms with Gasteiger partial charge in [0.2, 0.25) is 0 Å². The molecule has 0 aliphatic rings. The van der Waals surface area contributed by atoms with E-state index in [0.29, 0.717) is 6.42 Å². The molecule has 3 rings (SSSR count). The smallest absolute Gasteiger partial charge is 0.135 e. The average molecular weight is 254 g/mol. The van der Waals surface area contributed by atoms with E-state index in [1.807, 2.05) is 41.1 Å². The largest absolute Gasteiger partial charge is 0.508 e. The first-order valence-corrected chi connectivity index (χ1v) is 6.04. The number of aromatic nitrogens is 2. The monoisotopic (exact) mass is 254 g/mol. The number of phenols is 1. The van der Waals surface area contributed by atoms with Gasteiger partial charge < -0.3 is 9.84 Å². The van der Waals surface area contributed by atoms with Crippen molar-refractivity contribution in [3.63, 3.8) is 0 Å². The zero-order chi connectivity index (χ0) is 13.2. The first-order valence-electron chi connectivity index (χ1n) is 6.04. The molecule has 1 N–H and O–H groups in total. The molecule has 0 spiro atoms. The fraction of sp³-hybridized carbons (Fsp3) is 0.133. The molecule has 2 heterocycles. The third kappa shape index (κ3) is 2.25. The van der Waals surface area contributed by atoms with Crippen molar-refractivity contribution in [2.75, 3.05) is 7.11 Å². The number of methoxy groups -OCH3 is 1. The molecular formula is C15H14N2O2. The third-order valence-corrected chi connectivity index (χ3v) is 3.11. The molecule has 0 bridgehead atoms. The molecule has 96 valence electrons. The van der Waals surface area contributed by atoms with Crippen LogP contribution in [0.2, 0.25) is 0 Å². The Balaban J connectivity index is 1.98. The number of imidazole rings is 1. The summed E-state index contributed by atoms with van der Waals surface area (Å²) in [4.78, 5) is 4.43. The van der Waals surface area contributed by atoms with Crippen LogP contribution in [0.1, 0.15) is 11.4 Å². The van der Waals surface area contributed by atoms with Crippen LogP contribution in [-0.2, 0) is 6.42 Å². The van der Waals surface area contributed by atoms with Gasteiger partial charge in [0.1, 0.15) is 17.3 Å². The van der Waals surface area contributed by atoms with Crippen LogP contribution in [-0.4, -0.2) is 21.6 Å². The van der Waals surface area contributed by atoms with Crippen molar-refractivity contribution in [2.24, 2.45) is 0 Å². The van der Waals surface area contributed by atoms with Crippen LogP contribution in [0, 0.1) is 0 Å². The second-order valence-corrected chi connectivity index (χ2v) is 4.38. The van der Waals surface area contributed by atoms with Gasteiger partial charge in [0.15, 0.2) is 0 Å². The van der Waals surface area contributed by atoms with E-state index in [9.17, 15) is 5.11 Å². The Morgan fingerprint density at radius 3 is 2.68 bits per heavy atom. The standard InChI is InChI=1S/C15H14N2O2/c1-19-14-7-4-12-9-16-15(17(12)10-14)8-11-2-5-13(18)6-3-11/h2-7,9-10,18H,8H2,1H3. The summed E-state index contributed by atoms with van der Waals surface area (Å²) >= 11 is 0. The average Bonchev–Trinajstić information content (AvgIpc) is 2.84. The topological polar surface area (TPSA) is 46.8 Å². The van der Waals surface area contributed by atoms with E-state index in [0.717, 1.165) is 22.7 Å². The zero-order valence-electron chi connectivity index (χ0n) is 10.6. The molecular weight excluding hydrogens is 240 g/mol. The van der Waals surface area contributed by atoms with E-state index in [2.05, 4.69) is 4.98 Å². The van der Waals surface area contributed by atoms with Gasteiger partial charge in [0.25, 0.3) is 0 Å². The summed E-state index contributed by atoms with van der Waals surface area (Å²) in [6.45, 7) is 0. The van der Waals surface area contributed by atoms with Crippen molar-refractivity contribution in [2.45, 2.75) is 6.42 Å². The summed E-state index contributed by atoms with van der Waals surface area (Å²) in [7, 11) is 1.65. The van der Waals surface area contributed by atoms with Crippen molar-refractivity contribution in [3.05, 3.63) is 60.2 Å². The molecule has 19 heavy (non-hydrogen) atoms. The Bertz CT molecular complexity index is 702. The van der Waals surface area contributed by atoms with Crippen molar-refractivity contribution >= 4 is 5.52 Å². The van der Waals surface area contributed by atoms with Gasteiger partial charge in [0.05, 0.1) is 25.0 Å². The van der Waals surface area contributed by atoms with Gasteiger partial charge in [0, 0.05) is 6.42 Å². The SMILES string of the molecule is COc1ccc2cnc(Cc3ccc(O)cc3)n2c1. The van der Waals surface area contributed by atoms with Crippen molar-refractivity contribution in [1.29, 1.82) is 0 Å². The van der Waals surface area contributed by atoms with Gasteiger partial charge in [-0.05, 0) is 29.8 Å². The second-order valence-electron chi connectivity index (χ2n) is 4.38. The minimum absolute atomic E-state index is 0.276. The van der Waals surface area contributed by atoms with Crippen molar-refractivity contribution in [3.8, 4) is 11.5 Å². The molecule has 2 aromatic heterocycles. The summed E-state index contributed by atoms with van der Waals surface area (Å²) < 4.78 is 7.25. The predicted octanol–water partition coefficient (Wildman–Crippen LogP) is 2.64. The summed E-state index contributed by atoms with van der Waals surface area (Å²) in [6, 6.07) is 11.1. The predicted molar refractivity (Wildman–Crippen MR) is 72.7 cm³/mol. The first kappa shape index (κ1) is 11.6. The van der Waals surface area contributed by atoms with Gasteiger partial charge in [-0.3, -0.25) is 4.40 Å². The lowest BCUT2D eigenvalue weighted by Gasteiger charge is -2.04. The van der Waals surface area contributed by atoms with Crippen molar-refractivity contribution < 1.29 is 9.84 Å². The van der Waals surface area contributed by atoms with E-state index in [4.69, 9.17) is 4.74 Å². The number of hydrogen-bond acceptors (Lipinski definition) is 3. The highest BCUT2D eigenvalue weighted by molar-refractivity contribution is 5.48. The van der Waals surface area contributed by atoms with E-state index in [-0.39, 0.29) is 5.75 Å². The summed E-state index contributed by atoms with van der Waals surface area (Å²) in [5.74, 6) is 2.02. The van der Waals surface area contributed by atoms with Gasteiger partial charge >= 0.3 is 0 Å². The maximum Gasteiger partial charge on any atom is 0.135 e. The van der Waals surface area contributed by atoms with Crippen LogP contribution in [0.4, 0.5) is 0 Å². The third-order valence-electron chi connectivity index (χ3n) is 3.11. The fourth-order valence-corrected chi connectivity index (χ4v) is 2.07. The second kappa shape index (κ2) is 4.65. The zero-order valence-corrected chi connectivity index (χ0v) is 10.6.